The second-order valence-electron chi connectivity index (χ2n) is 8.52. The summed E-state index contributed by atoms with van der Waals surface area (Å²) in [6, 6.07) is 10.7. The molecule has 0 spiro atoms. The van der Waals surface area contributed by atoms with E-state index < -0.39 is 19.9 Å². The topological polar surface area (TPSA) is 63.2 Å². The highest BCUT2D eigenvalue weighted by Crippen LogP contribution is 2.35. The minimum atomic E-state index is -1.18. The van der Waals surface area contributed by atoms with E-state index >= 15 is 0 Å². The Kier molecular flexibility index (Phi) is 7.93. The van der Waals surface area contributed by atoms with Crippen molar-refractivity contribution in [1.82, 2.24) is 0 Å². The Balaban J connectivity index is 1.74. The van der Waals surface area contributed by atoms with Crippen molar-refractivity contribution in [2.24, 2.45) is 0 Å². The SMILES string of the molecule is CCOC(=O)/C(=C/c1ccc(OCOCC[Si](C)(C)C)c(F)c1)c1ccc2c(c1)OCO2. The molecule has 0 bridgehead atoms. The first-order valence-corrected chi connectivity index (χ1v) is 14.3. The maximum Gasteiger partial charge on any atom is 0.338 e. The van der Waals surface area contributed by atoms with Crippen LogP contribution in [0.15, 0.2) is 36.4 Å². The van der Waals surface area contributed by atoms with Gasteiger partial charge in [-0.15, -0.1) is 0 Å². The molecule has 2 aromatic rings. The summed E-state index contributed by atoms with van der Waals surface area (Å²) in [5.41, 5.74) is 1.37. The molecule has 172 valence electrons. The first-order valence-electron chi connectivity index (χ1n) is 10.6. The summed E-state index contributed by atoms with van der Waals surface area (Å²) in [6.07, 6.45) is 1.58. The van der Waals surface area contributed by atoms with Crippen LogP contribution in [0.25, 0.3) is 11.6 Å². The van der Waals surface area contributed by atoms with E-state index in [0.29, 0.717) is 29.2 Å². The number of benzene rings is 2. The predicted molar refractivity (Wildman–Crippen MR) is 123 cm³/mol. The maximum absolute atomic E-state index is 14.6. The summed E-state index contributed by atoms with van der Waals surface area (Å²) in [7, 11) is -1.18. The van der Waals surface area contributed by atoms with Crippen LogP contribution in [0.1, 0.15) is 18.1 Å². The van der Waals surface area contributed by atoms with Crippen molar-refractivity contribution in [1.29, 1.82) is 0 Å². The summed E-state index contributed by atoms with van der Waals surface area (Å²) in [6.45, 7) is 9.45. The van der Waals surface area contributed by atoms with Crippen LogP contribution in [0.3, 0.4) is 0 Å². The first-order chi connectivity index (χ1) is 15.3. The minimum Gasteiger partial charge on any atom is -0.464 e. The van der Waals surface area contributed by atoms with E-state index in [1.165, 1.54) is 12.1 Å². The van der Waals surface area contributed by atoms with E-state index in [-0.39, 0.29) is 31.5 Å². The Morgan fingerprint density at radius 2 is 1.91 bits per heavy atom. The lowest BCUT2D eigenvalue weighted by Gasteiger charge is -2.15. The van der Waals surface area contributed by atoms with Crippen molar-refractivity contribution in [2.75, 3.05) is 26.8 Å². The van der Waals surface area contributed by atoms with E-state index in [2.05, 4.69) is 19.6 Å². The average Bonchev–Trinajstić information content (AvgIpc) is 3.20. The molecule has 0 aliphatic carbocycles. The van der Waals surface area contributed by atoms with Gasteiger partial charge in [0.2, 0.25) is 6.79 Å². The van der Waals surface area contributed by atoms with Crippen molar-refractivity contribution >= 4 is 25.7 Å². The molecular weight excluding hydrogens is 431 g/mol. The number of carbonyl (C=O) groups is 1. The Hall–Kier alpha value is -2.84. The standard InChI is InChI=1S/C24H29FO6Si/c1-5-28-24(26)19(18-7-9-22-23(14-18)31-16-30-22)12-17-6-8-21(20(25)13-17)29-15-27-10-11-32(2,3)4/h6-9,12-14H,5,10-11,15-16H2,1-4H3/b19-12+. The highest BCUT2D eigenvalue weighted by molar-refractivity contribution is 6.76. The summed E-state index contributed by atoms with van der Waals surface area (Å²) in [5.74, 6) is 0.193. The van der Waals surface area contributed by atoms with E-state index in [1.807, 2.05) is 0 Å². The van der Waals surface area contributed by atoms with Crippen LogP contribution in [0, 0.1) is 5.82 Å². The van der Waals surface area contributed by atoms with E-state index in [4.69, 9.17) is 23.7 Å². The number of hydrogen-bond acceptors (Lipinski definition) is 6. The second-order valence-corrected chi connectivity index (χ2v) is 14.1. The molecule has 0 atom stereocenters. The third-order valence-electron chi connectivity index (χ3n) is 4.74. The number of ether oxygens (including phenoxy) is 5. The average molecular weight is 461 g/mol. The molecule has 1 heterocycles. The molecule has 3 rings (SSSR count). The van der Waals surface area contributed by atoms with Gasteiger partial charge in [0.25, 0.3) is 0 Å². The van der Waals surface area contributed by atoms with E-state index in [1.54, 1.807) is 37.3 Å². The van der Waals surface area contributed by atoms with Gasteiger partial charge in [0.05, 0.1) is 12.2 Å². The van der Waals surface area contributed by atoms with Crippen LogP contribution in [-0.2, 0) is 14.3 Å². The maximum atomic E-state index is 14.6. The fourth-order valence-electron chi connectivity index (χ4n) is 2.97. The molecule has 0 saturated carbocycles. The van der Waals surface area contributed by atoms with Crippen LogP contribution in [0.2, 0.25) is 25.7 Å². The molecule has 1 aliphatic rings. The molecular formula is C24H29FO6Si. The molecule has 0 N–H and O–H groups in total. The van der Waals surface area contributed by atoms with Gasteiger partial charge in [-0.3, -0.25) is 0 Å². The Morgan fingerprint density at radius 3 is 2.62 bits per heavy atom. The van der Waals surface area contributed by atoms with Gasteiger partial charge in [0, 0.05) is 14.7 Å². The monoisotopic (exact) mass is 460 g/mol. The van der Waals surface area contributed by atoms with E-state index in [0.717, 1.165) is 6.04 Å². The molecule has 1 aliphatic heterocycles. The highest BCUT2D eigenvalue weighted by atomic mass is 28.3. The van der Waals surface area contributed by atoms with E-state index in [9.17, 15) is 9.18 Å². The van der Waals surface area contributed by atoms with Crippen molar-refractivity contribution in [3.8, 4) is 17.2 Å². The normalized spacial score (nSPS) is 13.2. The smallest absolute Gasteiger partial charge is 0.338 e. The van der Waals surface area contributed by atoms with Crippen molar-refractivity contribution in [3.05, 3.63) is 53.3 Å². The quantitative estimate of drug-likeness (QED) is 0.119. The summed E-state index contributed by atoms with van der Waals surface area (Å²) in [4.78, 5) is 12.6. The first kappa shape index (κ1) is 23.8. The molecule has 0 saturated heterocycles. The summed E-state index contributed by atoms with van der Waals surface area (Å²) in [5, 5.41) is 0. The lowest BCUT2D eigenvalue weighted by Crippen LogP contribution is -2.22. The number of carbonyl (C=O) groups excluding carboxylic acids is 1. The van der Waals surface area contributed by atoms with Crippen molar-refractivity contribution < 1.29 is 32.9 Å². The van der Waals surface area contributed by atoms with Gasteiger partial charge in [0.1, 0.15) is 0 Å². The highest BCUT2D eigenvalue weighted by Gasteiger charge is 2.19. The van der Waals surface area contributed by atoms with Gasteiger partial charge in [-0.1, -0.05) is 31.8 Å². The number of esters is 1. The Morgan fingerprint density at radius 1 is 1.12 bits per heavy atom. The fourth-order valence-corrected chi connectivity index (χ4v) is 3.72. The zero-order valence-corrected chi connectivity index (χ0v) is 19.9. The van der Waals surface area contributed by atoms with Gasteiger partial charge in [0.15, 0.2) is 29.9 Å². The predicted octanol–water partition coefficient (Wildman–Crippen LogP) is 5.35. The molecule has 0 amide bonds. The molecule has 0 aromatic heterocycles. The van der Waals surface area contributed by atoms with Crippen LogP contribution in [-0.4, -0.2) is 40.8 Å². The number of hydrogen-bond donors (Lipinski definition) is 0. The number of rotatable bonds is 10. The van der Waals surface area contributed by atoms with Gasteiger partial charge in [-0.2, -0.15) is 0 Å². The largest absolute Gasteiger partial charge is 0.464 e. The molecule has 0 unspecified atom stereocenters. The van der Waals surface area contributed by atoms with Crippen molar-refractivity contribution in [2.45, 2.75) is 32.6 Å². The lowest BCUT2D eigenvalue weighted by atomic mass is 10.0. The summed E-state index contributed by atoms with van der Waals surface area (Å²) < 4.78 is 41.4. The second kappa shape index (κ2) is 10.6. The van der Waals surface area contributed by atoms with Crippen LogP contribution in [0.4, 0.5) is 4.39 Å². The Labute approximate surface area is 188 Å². The number of fused-ring (bicyclic) bond motifs is 1. The van der Waals surface area contributed by atoms with Crippen LogP contribution < -0.4 is 14.2 Å². The molecule has 6 nitrogen and oxygen atoms in total. The van der Waals surface area contributed by atoms with Crippen LogP contribution >= 0.6 is 0 Å². The molecule has 32 heavy (non-hydrogen) atoms. The minimum absolute atomic E-state index is 0.0120. The molecule has 0 radical (unpaired) electrons. The number of halogens is 1. The van der Waals surface area contributed by atoms with Crippen LogP contribution in [0.5, 0.6) is 17.2 Å². The van der Waals surface area contributed by atoms with Gasteiger partial charge in [-0.25, -0.2) is 9.18 Å². The van der Waals surface area contributed by atoms with Crippen molar-refractivity contribution in [3.63, 3.8) is 0 Å². The van der Waals surface area contributed by atoms with Gasteiger partial charge >= 0.3 is 5.97 Å². The molecule has 0 fully saturated rings. The molecule has 8 heteroatoms. The van der Waals surface area contributed by atoms with Gasteiger partial charge in [-0.05, 0) is 54.4 Å². The zero-order chi connectivity index (χ0) is 23.1. The summed E-state index contributed by atoms with van der Waals surface area (Å²) >= 11 is 0. The third-order valence-corrected chi connectivity index (χ3v) is 6.44. The third kappa shape index (κ3) is 6.58. The Bertz CT molecular complexity index is 983. The molecule has 2 aromatic carbocycles. The van der Waals surface area contributed by atoms with Gasteiger partial charge < -0.3 is 23.7 Å². The zero-order valence-electron chi connectivity index (χ0n) is 18.9. The lowest BCUT2D eigenvalue weighted by molar-refractivity contribution is -0.136. The fraction of sp³-hybridized carbons (Fsp3) is 0.375.